The second-order valence-corrected chi connectivity index (χ2v) is 9.73. The van der Waals surface area contributed by atoms with E-state index in [2.05, 4.69) is 5.32 Å². The predicted molar refractivity (Wildman–Crippen MR) is 131 cm³/mol. The second-order valence-electron chi connectivity index (χ2n) is 7.87. The van der Waals surface area contributed by atoms with Crippen LogP contribution in [0.2, 0.25) is 0 Å². The molecule has 168 valence electrons. The molecule has 0 aliphatic heterocycles. The van der Waals surface area contributed by atoms with E-state index in [0.29, 0.717) is 5.69 Å². The van der Waals surface area contributed by atoms with Gasteiger partial charge in [0.2, 0.25) is 5.91 Å². The molecule has 0 atom stereocenters. The summed E-state index contributed by atoms with van der Waals surface area (Å²) in [6.07, 6.45) is 1.54. The van der Waals surface area contributed by atoms with Crippen LogP contribution in [0.4, 0.5) is 11.4 Å². The highest BCUT2D eigenvalue weighted by Crippen LogP contribution is 2.26. The molecule has 32 heavy (non-hydrogen) atoms. The number of aryl methyl sites for hydroxylation is 4. The van der Waals surface area contributed by atoms with Gasteiger partial charge in [0.15, 0.2) is 0 Å². The van der Waals surface area contributed by atoms with E-state index in [1.165, 1.54) is 4.31 Å². The van der Waals surface area contributed by atoms with Crippen molar-refractivity contribution in [3.05, 3.63) is 89.0 Å². The maximum absolute atomic E-state index is 13.5. The molecule has 0 unspecified atom stereocenters. The molecular weight excluding hydrogens is 420 g/mol. The van der Waals surface area contributed by atoms with Crippen molar-refractivity contribution in [2.45, 2.75) is 45.4 Å². The Hall–Kier alpha value is -3.12. The summed E-state index contributed by atoms with van der Waals surface area (Å²) in [6.45, 7) is 7.58. The monoisotopic (exact) mass is 450 g/mol. The number of rotatable bonds is 8. The van der Waals surface area contributed by atoms with Gasteiger partial charge in [0.25, 0.3) is 10.0 Å². The van der Waals surface area contributed by atoms with Gasteiger partial charge in [0, 0.05) is 5.69 Å². The molecule has 0 bridgehead atoms. The zero-order chi connectivity index (χ0) is 23.3. The molecule has 0 radical (unpaired) electrons. The third kappa shape index (κ3) is 5.19. The molecular formula is C26H30N2O3S. The largest absolute Gasteiger partial charge is 0.324 e. The molecule has 3 rings (SSSR count). The molecule has 0 saturated heterocycles. The second kappa shape index (κ2) is 10.0. The van der Waals surface area contributed by atoms with Crippen LogP contribution in [0.5, 0.6) is 0 Å². The van der Waals surface area contributed by atoms with E-state index < -0.39 is 10.0 Å². The fourth-order valence-electron chi connectivity index (χ4n) is 3.58. The van der Waals surface area contributed by atoms with E-state index in [1.54, 1.807) is 36.4 Å². The summed E-state index contributed by atoms with van der Waals surface area (Å²) in [5.74, 6) is -0.378. The van der Waals surface area contributed by atoms with Crippen LogP contribution in [0.15, 0.2) is 71.6 Å². The zero-order valence-electron chi connectivity index (χ0n) is 19.1. The molecule has 6 heteroatoms. The summed E-state index contributed by atoms with van der Waals surface area (Å²) < 4.78 is 28.2. The molecule has 0 aliphatic rings. The van der Waals surface area contributed by atoms with E-state index in [9.17, 15) is 13.2 Å². The SMILES string of the molecule is CCc1cccc(CC)c1NC(=O)CN(c1ccc(C)cc1)S(=O)(=O)c1ccc(C)cc1. The van der Waals surface area contributed by atoms with Gasteiger partial charge >= 0.3 is 0 Å². The number of carbonyl (C=O) groups excluding carboxylic acids is 1. The Morgan fingerprint density at radius 3 is 1.81 bits per heavy atom. The van der Waals surface area contributed by atoms with Gasteiger partial charge in [0.1, 0.15) is 6.54 Å². The van der Waals surface area contributed by atoms with Crippen molar-refractivity contribution in [1.29, 1.82) is 0 Å². The van der Waals surface area contributed by atoms with Crippen LogP contribution in [-0.2, 0) is 27.7 Å². The summed E-state index contributed by atoms with van der Waals surface area (Å²) >= 11 is 0. The Morgan fingerprint density at radius 2 is 1.31 bits per heavy atom. The Kier molecular flexibility index (Phi) is 7.36. The van der Waals surface area contributed by atoms with Crippen LogP contribution in [-0.4, -0.2) is 20.9 Å². The summed E-state index contributed by atoms with van der Waals surface area (Å²) in [4.78, 5) is 13.3. The van der Waals surface area contributed by atoms with Crippen molar-refractivity contribution in [1.82, 2.24) is 0 Å². The highest BCUT2D eigenvalue weighted by atomic mass is 32.2. The number of nitrogens with one attached hydrogen (secondary N) is 1. The van der Waals surface area contributed by atoms with E-state index >= 15 is 0 Å². The minimum absolute atomic E-state index is 0.152. The van der Waals surface area contributed by atoms with Gasteiger partial charge in [-0.1, -0.05) is 67.4 Å². The van der Waals surface area contributed by atoms with Crippen LogP contribution >= 0.6 is 0 Å². The average molecular weight is 451 g/mol. The maximum Gasteiger partial charge on any atom is 0.264 e. The Labute approximate surface area is 191 Å². The molecule has 1 N–H and O–H groups in total. The van der Waals surface area contributed by atoms with E-state index in [4.69, 9.17) is 0 Å². The maximum atomic E-state index is 13.5. The number of para-hydroxylation sites is 1. The van der Waals surface area contributed by atoms with Crippen molar-refractivity contribution in [2.75, 3.05) is 16.2 Å². The molecule has 1 amide bonds. The highest BCUT2D eigenvalue weighted by molar-refractivity contribution is 7.92. The van der Waals surface area contributed by atoms with Crippen molar-refractivity contribution in [3.63, 3.8) is 0 Å². The number of hydrogen-bond acceptors (Lipinski definition) is 3. The topological polar surface area (TPSA) is 66.5 Å². The third-order valence-corrected chi connectivity index (χ3v) is 7.27. The highest BCUT2D eigenvalue weighted by Gasteiger charge is 2.27. The molecule has 5 nitrogen and oxygen atoms in total. The van der Waals surface area contributed by atoms with Crippen LogP contribution in [0.25, 0.3) is 0 Å². The summed E-state index contributed by atoms with van der Waals surface area (Å²) in [6, 6.07) is 19.7. The first-order valence-electron chi connectivity index (χ1n) is 10.8. The lowest BCUT2D eigenvalue weighted by Crippen LogP contribution is -2.38. The van der Waals surface area contributed by atoms with Crippen molar-refractivity contribution < 1.29 is 13.2 Å². The zero-order valence-corrected chi connectivity index (χ0v) is 19.9. The van der Waals surface area contributed by atoms with Crippen LogP contribution in [0.1, 0.15) is 36.1 Å². The van der Waals surface area contributed by atoms with Crippen LogP contribution < -0.4 is 9.62 Å². The normalized spacial score (nSPS) is 11.2. The molecule has 3 aromatic carbocycles. The summed E-state index contributed by atoms with van der Waals surface area (Å²) in [7, 11) is -3.93. The van der Waals surface area contributed by atoms with E-state index in [-0.39, 0.29) is 17.3 Å². The number of sulfonamides is 1. The van der Waals surface area contributed by atoms with Gasteiger partial charge in [-0.3, -0.25) is 9.10 Å². The van der Waals surface area contributed by atoms with Gasteiger partial charge in [-0.15, -0.1) is 0 Å². The lowest BCUT2D eigenvalue weighted by molar-refractivity contribution is -0.114. The van der Waals surface area contributed by atoms with Gasteiger partial charge in [0.05, 0.1) is 10.6 Å². The van der Waals surface area contributed by atoms with Gasteiger partial charge in [-0.2, -0.15) is 0 Å². The van der Waals surface area contributed by atoms with Gasteiger partial charge in [-0.05, 0) is 62.1 Å². The van der Waals surface area contributed by atoms with E-state index in [0.717, 1.165) is 40.8 Å². The molecule has 0 saturated carbocycles. The van der Waals surface area contributed by atoms with Crippen molar-refractivity contribution >= 4 is 27.3 Å². The number of carbonyl (C=O) groups is 1. The molecule has 0 heterocycles. The fraction of sp³-hybridized carbons (Fsp3) is 0.269. The molecule has 0 spiro atoms. The first kappa shape index (κ1) is 23.5. The number of nitrogens with zero attached hydrogens (tertiary/aromatic N) is 1. The number of benzene rings is 3. The smallest absolute Gasteiger partial charge is 0.264 e. The minimum atomic E-state index is -3.93. The van der Waals surface area contributed by atoms with Gasteiger partial charge < -0.3 is 5.32 Å². The fourth-order valence-corrected chi connectivity index (χ4v) is 5.00. The van der Waals surface area contributed by atoms with Crippen LogP contribution in [0.3, 0.4) is 0 Å². The quantitative estimate of drug-likeness (QED) is 0.509. The Morgan fingerprint density at radius 1 is 0.812 bits per heavy atom. The van der Waals surface area contributed by atoms with Crippen molar-refractivity contribution in [3.8, 4) is 0 Å². The number of amides is 1. The van der Waals surface area contributed by atoms with Crippen LogP contribution in [0, 0.1) is 13.8 Å². The summed E-state index contributed by atoms with van der Waals surface area (Å²) in [5, 5.41) is 2.98. The number of hydrogen-bond donors (Lipinski definition) is 1. The molecule has 0 aliphatic carbocycles. The average Bonchev–Trinajstić information content (AvgIpc) is 2.78. The number of anilines is 2. The minimum Gasteiger partial charge on any atom is -0.324 e. The Balaban J connectivity index is 1.97. The first-order chi connectivity index (χ1) is 15.3. The Bertz CT molecular complexity index is 1160. The third-order valence-electron chi connectivity index (χ3n) is 5.48. The standard InChI is InChI=1S/C26H30N2O3S/c1-5-21-8-7-9-22(6-2)26(21)27-25(29)18-28(23-14-10-19(3)11-15-23)32(30,31)24-16-12-20(4)13-17-24/h7-17H,5-6,18H2,1-4H3,(H,27,29). The lowest BCUT2D eigenvalue weighted by atomic mass is 10.0. The van der Waals surface area contributed by atoms with Crippen molar-refractivity contribution in [2.24, 2.45) is 0 Å². The predicted octanol–water partition coefficient (Wildman–Crippen LogP) is 5.26. The molecule has 0 aromatic heterocycles. The first-order valence-corrected chi connectivity index (χ1v) is 12.3. The lowest BCUT2D eigenvalue weighted by Gasteiger charge is -2.25. The van der Waals surface area contributed by atoms with Gasteiger partial charge in [-0.25, -0.2) is 8.42 Å². The molecule has 0 fully saturated rings. The summed E-state index contributed by atoms with van der Waals surface area (Å²) in [5.41, 5.74) is 5.26. The van der Waals surface area contributed by atoms with E-state index in [1.807, 2.05) is 58.0 Å². The molecule has 3 aromatic rings.